The normalized spacial score (nSPS) is 14.6. The van der Waals surface area contributed by atoms with E-state index < -0.39 is 11.6 Å². The van der Waals surface area contributed by atoms with Crippen molar-refractivity contribution in [3.05, 3.63) is 35.4 Å². The molecule has 0 radical (unpaired) electrons. The van der Waals surface area contributed by atoms with Crippen LogP contribution in [0.1, 0.15) is 24.9 Å². The molecule has 0 amide bonds. The lowest BCUT2D eigenvalue weighted by Gasteiger charge is -2.24. The molecule has 0 heterocycles. The van der Waals surface area contributed by atoms with Crippen LogP contribution in [0.2, 0.25) is 0 Å². The Balaban J connectivity index is 2.93. The fraction of sp³-hybridized carbons (Fsp3) is 0.538. The summed E-state index contributed by atoms with van der Waals surface area (Å²) in [7, 11) is 3.32. The number of rotatable bonds is 6. The van der Waals surface area contributed by atoms with Crippen molar-refractivity contribution in [3.8, 4) is 0 Å². The Hall–Kier alpha value is -1.00. The molecule has 0 aliphatic carbocycles. The molecule has 2 unspecified atom stereocenters. The van der Waals surface area contributed by atoms with Crippen molar-refractivity contribution in [1.29, 1.82) is 0 Å². The summed E-state index contributed by atoms with van der Waals surface area (Å²) in [5, 5.41) is 2.97. The molecule has 1 rings (SSSR count). The van der Waals surface area contributed by atoms with E-state index in [0.717, 1.165) is 6.42 Å². The van der Waals surface area contributed by atoms with Crippen LogP contribution in [0.4, 0.5) is 8.78 Å². The number of halogens is 2. The number of ether oxygens (including phenoxy) is 1. The van der Waals surface area contributed by atoms with E-state index in [-0.39, 0.29) is 17.5 Å². The summed E-state index contributed by atoms with van der Waals surface area (Å²) in [4.78, 5) is 0. The summed E-state index contributed by atoms with van der Waals surface area (Å²) < 4.78 is 32.3. The van der Waals surface area contributed by atoms with E-state index >= 15 is 0 Å². The van der Waals surface area contributed by atoms with E-state index in [0.29, 0.717) is 6.61 Å². The Kier molecular flexibility index (Phi) is 5.51. The Morgan fingerprint density at radius 2 is 1.88 bits per heavy atom. The predicted octanol–water partition coefficient (Wildman–Crippen LogP) is 2.90. The lowest BCUT2D eigenvalue weighted by atomic mass is 9.91. The van der Waals surface area contributed by atoms with Crippen LogP contribution >= 0.6 is 0 Å². The molecule has 0 fully saturated rings. The van der Waals surface area contributed by atoms with Crippen molar-refractivity contribution in [1.82, 2.24) is 5.32 Å². The number of methoxy groups -OCH3 is 1. The molecule has 1 aromatic carbocycles. The first-order valence-electron chi connectivity index (χ1n) is 5.72. The summed E-state index contributed by atoms with van der Waals surface area (Å²) in [5.41, 5.74) is 0.110. The van der Waals surface area contributed by atoms with Crippen molar-refractivity contribution < 1.29 is 13.5 Å². The Bertz CT molecular complexity index is 337. The summed E-state index contributed by atoms with van der Waals surface area (Å²) in [6, 6.07) is 3.60. The average Bonchev–Trinajstić information content (AvgIpc) is 2.31. The highest BCUT2D eigenvalue weighted by Gasteiger charge is 2.23. The van der Waals surface area contributed by atoms with Crippen LogP contribution in [-0.4, -0.2) is 20.8 Å². The summed E-state index contributed by atoms with van der Waals surface area (Å²) in [6.07, 6.45) is 0.746. The van der Waals surface area contributed by atoms with E-state index in [1.807, 2.05) is 6.92 Å². The third kappa shape index (κ3) is 3.48. The maximum Gasteiger partial charge on any atom is 0.130 e. The number of nitrogens with one attached hydrogen (secondary N) is 1. The highest BCUT2D eigenvalue weighted by Crippen LogP contribution is 2.28. The maximum absolute atomic E-state index is 13.7. The van der Waals surface area contributed by atoms with E-state index in [9.17, 15) is 8.78 Å². The van der Waals surface area contributed by atoms with Gasteiger partial charge in [0.25, 0.3) is 0 Å². The second kappa shape index (κ2) is 6.67. The van der Waals surface area contributed by atoms with Crippen LogP contribution in [0.5, 0.6) is 0 Å². The van der Waals surface area contributed by atoms with Crippen molar-refractivity contribution in [2.24, 2.45) is 5.92 Å². The Labute approximate surface area is 101 Å². The van der Waals surface area contributed by atoms with Crippen molar-refractivity contribution >= 4 is 0 Å². The molecule has 0 saturated carbocycles. The van der Waals surface area contributed by atoms with Gasteiger partial charge in [-0.15, -0.1) is 0 Å². The monoisotopic (exact) mass is 243 g/mol. The van der Waals surface area contributed by atoms with Gasteiger partial charge in [0.2, 0.25) is 0 Å². The van der Waals surface area contributed by atoms with Gasteiger partial charge in [-0.1, -0.05) is 13.0 Å². The standard InChI is InChI=1S/C13H19F2NO/c1-9(7-8-17-3)13(16-2)12-10(14)5-4-6-11(12)15/h4-6,9,13,16H,7-8H2,1-3H3. The van der Waals surface area contributed by atoms with Crippen LogP contribution in [-0.2, 0) is 4.74 Å². The summed E-state index contributed by atoms with van der Waals surface area (Å²) in [5.74, 6) is -0.923. The molecule has 0 saturated heterocycles. The van der Waals surface area contributed by atoms with E-state index in [2.05, 4.69) is 5.32 Å². The van der Waals surface area contributed by atoms with Crippen LogP contribution in [0, 0.1) is 17.6 Å². The fourth-order valence-corrected chi connectivity index (χ4v) is 1.99. The molecular weight excluding hydrogens is 224 g/mol. The van der Waals surface area contributed by atoms with E-state index in [1.54, 1.807) is 14.2 Å². The van der Waals surface area contributed by atoms with E-state index in [4.69, 9.17) is 4.74 Å². The molecule has 0 aliphatic rings. The Morgan fingerprint density at radius 3 is 2.35 bits per heavy atom. The smallest absolute Gasteiger partial charge is 0.130 e. The second-order valence-electron chi connectivity index (χ2n) is 4.16. The van der Waals surface area contributed by atoms with Gasteiger partial charge in [-0.05, 0) is 31.5 Å². The van der Waals surface area contributed by atoms with Crippen molar-refractivity contribution in [2.45, 2.75) is 19.4 Å². The molecule has 0 spiro atoms. The zero-order valence-corrected chi connectivity index (χ0v) is 10.5. The van der Waals surface area contributed by atoms with E-state index in [1.165, 1.54) is 18.2 Å². The first-order valence-corrected chi connectivity index (χ1v) is 5.72. The lowest BCUT2D eigenvalue weighted by molar-refractivity contribution is 0.170. The molecule has 4 heteroatoms. The number of benzene rings is 1. The number of hydrogen-bond acceptors (Lipinski definition) is 2. The van der Waals surface area contributed by atoms with Gasteiger partial charge in [0.15, 0.2) is 0 Å². The third-order valence-corrected chi connectivity index (χ3v) is 2.97. The number of hydrogen-bond donors (Lipinski definition) is 1. The minimum absolute atomic E-state index is 0.0892. The van der Waals surface area contributed by atoms with Gasteiger partial charge < -0.3 is 10.1 Å². The summed E-state index contributed by atoms with van der Waals surface area (Å²) in [6.45, 7) is 2.53. The highest BCUT2D eigenvalue weighted by atomic mass is 19.1. The third-order valence-electron chi connectivity index (χ3n) is 2.97. The first-order chi connectivity index (χ1) is 8.11. The molecule has 17 heavy (non-hydrogen) atoms. The lowest BCUT2D eigenvalue weighted by Crippen LogP contribution is -2.26. The van der Waals surface area contributed by atoms with Gasteiger partial charge in [0.05, 0.1) is 0 Å². The topological polar surface area (TPSA) is 21.3 Å². The maximum atomic E-state index is 13.7. The predicted molar refractivity (Wildman–Crippen MR) is 63.8 cm³/mol. The highest BCUT2D eigenvalue weighted by molar-refractivity contribution is 5.23. The summed E-state index contributed by atoms with van der Waals surface area (Å²) >= 11 is 0. The zero-order valence-electron chi connectivity index (χ0n) is 10.5. The van der Waals surface area contributed by atoms with Crippen molar-refractivity contribution in [3.63, 3.8) is 0 Å². The molecule has 0 bridgehead atoms. The molecule has 0 aromatic heterocycles. The van der Waals surface area contributed by atoms with Crippen LogP contribution in [0.15, 0.2) is 18.2 Å². The fourth-order valence-electron chi connectivity index (χ4n) is 1.99. The van der Waals surface area contributed by atoms with Crippen molar-refractivity contribution in [2.75, 3.05) is 20.8 Å². The zero-order chi connectivity index (χ0) is 12.8. The van der Waals surface area contributed by atoms with Gasteiger partial charge in [0, 0.05) is 25.3 Å². The minimum atomic E-state index is -0.506. The van der Waals surface area contributed by atoms with Crippen LogP contribution in [0.25, 0.3) is 0 Å². The van der Waals surface area contributed by atoms with Gasteiger partial charge in [-0.2, -0.15) is 0 Å². The van der Waals surface area contributed by atoms with Crippen LogP contribution < -0.4 is 5.32 Å². The molecule has 2 nitrogen and oxygen atoms in total. The largest absolute Gasteiger partial charge is 0.385 e. The molecule has 1 N–H and O–H groups in total. The van der Waals surface area contributed by atoms with Gasteiger partial charge in [0.1, 0.15) is 11.6 Å². The molecule has 96 valence electrons. The van der Waals surface area contributed by atoms with Crippen LogP contribution in [0.3, 0.4) is 0 Å². The van der Waals surface area contributed by atoms with Gasteiger partial charge in [-0.3, -0.25) is 0 Å². The Morgan fingerprint density at radius 1 is 1.29 bits per heavy atom. The second-order valence-corrected chi connectivity index (χ2v) is 4.16. The first kappa shape index (κ1) is 14.1. The van der Waals surface area contributed by atoms with Gasteiger partial charge in [-0.25, -0.2) is 8.78 Å². The molecule has 1 aromatic rings. The SMILES string of the molecule is CNC(c1c(F)cccc1F)C(C)CCOC. The minimum Gasteiger partial charge on any atom is -0.385 e. The molecular formula is C13H19F2NO. The molecule has 2 atom stereocenters. The average molecular weight is 243 g/mol. The quantitative estimate of drug-likeness (QED) is 0.829. The van der Waals surface area contributed by atoms with Gasteiger partial charge >= 0.3 is 0 Å². The molecule has 0 aliphatic heterocycles.